The van der Waals surface area contributed by atoms with Gasteiger partial charge < -0.3 is 5.11 Å². The fraction of sp³-hybridized carbons (Fsp3) is 0.176. The van der Waals surface area contributed by atoms with Crippen molar-refractivity contribution >= 4 is 11.8 Å². The number of hydrogen-bond donors (Lipinski definition) is 1. The molecule has 24 heavy (non-hydrogen) atoms. The van der Waals surface area contributed by atoms with Crippen LogP contribution in [0.25, 0.3) is 5.69 Å². The molecule has 0 spiro atoms. The quantitative estimate of drug-likeness (QED) is 0.720. The SMILES string of the molecule is Cc1ccc(CC(C#N)Sc2nnnn2-c2ccc(O)cc2)cc1. The molecule has 1 N–H and O–H groups in total. The van der Waals surface area contributed by atoms with Gasteiger partial charge in [-0.25, -0.2) is 0 Å². The van der Waals surface area contributed by atoms with Gasteiger partial charge in [0, 0.05) is 0 Å². The number of rotatable bonds is 5. The molecule has 6 nitrogen and oxygen atoms in total. The number of hydrogen-bond acceptors (Lipinski definition) is 6. The summed E-state index contributed by atoms with van der Waals surface area (Å²) in [7, 11) is 0. The Morgan fingerprint density at radius 2 is 1.88 bits per heavy atom. The van der Waals surface area contributed by atoms with E-state index in [9.17, 15) is 10.4 Å². The number of thioether (sulfide) groups is 1. The van der Waals surface area contributed by atoms with Crippen LogP contribution in [0.2, 0.25) is 0 Å². The lowest BCUT2D eigenvalue weighted by Gasteiger charge is -2.09. The zero-order valence-corrected chi connectivity index (χ0v) is 13.8. The number of aromatic nitrogens is 4. The monoisotopic (exact) mass is 337 g/mol. The molecule has 7 heteroatoms. The predicted molar refractivity (Wildman–Crippen MR) is 91.0 cm³/mol. The average molecular weight is 337 g/mol. The van der Waals surface area contributed by atoms with Crippen LogP contribution in [-0.4, -0.2) is 30.6 Å². The van der Waals surface area contributed by atoms with Gasteiger partial charge in [-0.15, -0.1) is 5.10 Å². The van der Waals surface area contributed by atoms with Crippen LogP contribution < -0.4 is 0 Å². The first kappa shape index (κ1) is 16.0. The predicted octanol–water partition coefficient (Wildman–Crippen LogP) is 2.90. The first-order chi connectivity index (χ1) is 11.7. The summed E-state index contributed by atoms with van der Waals surface area (Å²) in [5.74, 6) is 0.176. The van der Waals surface area contributed by atoms with Gasteiger partial charge in [-0.1, -0.05) is 41.6 Å². The number of tetrazole rings is 1. The van der Waals surface area contributed by atoms with Crippen LogP contribution in [-0.2, 0) is 6.42 Å². The van der Waals surface area contributed by atoms with Crippen molar-refractivity contribution in [3.05, 3.63) is 59.7 Å². The van der Waals surface area contributed by atoms with Gasteiger partial charge in [0.2, 0.25) is 5.16 Å². The zero-order valence-electron chi connectivity index (χ0n) is 13.0. The summed E-state index contributed by atoms with van der Waals surface area (Å²) in [5.41, 5.74) is 3.02. The highest BCUT2D eigenvalue weighted by molar-refractivity contribution is 8.00. The van der Waals surface area contributed by atoms with E-state index in [4.69, 9.17) is 0 Å². The molecule has 0 radical (unpaired) electrons. The lowest BCUT2D eigenvalue weighted by Crippen LogP contribution is -2.07. The van der Waals surface area contributed by atoms with Crippen molar-refractivity contribution in [2.24, 2.45) is 0 Å². The molecule has 0 amide bonds. The van der Waals surface area contributed by atoms with Crippen LogP contribution in [0.3, 0.4) is 0 Å². The number of phenolic OH excluding ortho intramolecular Hbond substituents is 1. The Balaban J connectivity index is 1.77. The molecule has 3 aromatic rings. The van der Waals surface area contributed by atoms with E-state index in [-0.39, 0.29) is 11.0 Å². The van der Waals surface area contributed by atoms with E-state index in [0.717, 1.165) is 11.3 Å². The highest BCUT2D eigenvalue weighted by atomic mass is 32.2. The molecule has 3 rings (SSSR count). The van der Waals surface area contributed by atoms with Gasteiger partial charge in [0.25, 0.3) is 0 Å². The minimum Gasteiger partial charge on any atom is -0.508 e. The van der Waals surface area contributed by atoms with Crippen LogP contribution in [0.15, 0.2) is 53.7 Å². The van der Waals surface area contributed by atoms with Crippen molar-refractivity contribution in [3.63, 3.8) is 0 Å². The summed E-state index contributed by atoms with van der Waals surface area (Å²) >= 11 is 1.32. The second-order valence-electron chi connectivity index (χ2n) is 5.31. The van der Waals surface area contributed by atoms with Crippen molar-refractivity contribution in [2.75, 3.05) is 0 Å². The first-order valence-corrected chi connectivity index (χ1v) is 8.23. The summed E-state index contributed by atoms with van der Waals surface area (Å²) in [6.45, 7) is 2.03. The summed E-state index contributed by atoms with van der Waals surface area (Å²) in [4.78, 5) is 0. The molecule has 0 bridgehead atoms. The number of aromatic hydroxyl groups is 1. The van der Waals surface area contributed by atoms with Crippen LogP contribution in [0, 0.1) is 18.3 Å². The molecule has 1 heterocycles. The molecule has 0 saturated heterocycles. The molecule has 0 fully saturated rings. The molecule has 0 aliphatic rings. The average Bonchev–Trinajstić information content (AvgIpc) is 3.05. The molecule has 1 unspecified atom stereocenters. The van der Waals surface area contributed by atoms with Crippen LogP contribution >= 0.6 is 11.8 Å². The Bertz CT molecular complexity index is 852. The van der Waals surface area contributed by atoms with E-state index in [0.29, 0.717) is 11.6 Å². The van der Waals surface area contributed by atoms with Gasteiger partial charge in [0.1, 0.15) is 11.0 Å². The van der Waals surface area contributed by atoms with Crippen LogP contribution in [0.5, 0.6) is 5.75 Å². The van der Waals surface area contributed by atoms with E-state index in [2.05, 4.69) is 21.6 Å². The van der Waals surface area contributed by atoms with Gasteiger partial charge in [-0.2, -0.15) is 9.94 Å². The second-order valence-corrected chi connectivity index (χ2v) is 6.48. The van der Waals surface area contributed by atoms with Crippen molar-refractivity contribution in [2.45, 2.75) is 23.8 Å². The number of phenols is 1. The third-order valence-corrected chi connectivity index (χ3v) is 4.49. The Kier molecular flexibility index (Phi) is 4.77. The maximum atomic E-state index is 9.46. The molecule has 0 aliphatic carbocycles. The van der Waals surface area contributed by atoms with E-state index >= 15 is 0 Å². The van der Waals surface area contributed by atoms with E-state index in [1.165, 1.54) is 17.3 Å². The topological polar surface area (TPSA) is 87.6 Å². The van der Waals surface area contributed by atoms with Gasteiger partial charge >= 0.3 is 0 Å². The Labute approximate surface area is 143 Å². The van der Waals surface area contributed by atoms with Crippen LogP contribution in [0.1, 0.15) is 11.1 Å². The summed E-state index contributed by atoms with van der Waals surface area (Å²) in [5, 5.41) is 30.8. The lowest BCUT2D eigenvalue weighted by molar-refractivity contribution is 0.475. The summed E-state index contributed by atoms with van der Waals surface area (Å²) in [6.07, 6.45) is 0.615. The number of nitrogens with zero attached hydrogens (tertiary/aromatic N) is 5. The summed E-state index contributed by atoms with van der Waals surface area (Å²) < 4.78 is 1.56. The van der Waals surface area contributed by atoms with E-state index in [1.807, 2.05) is 31.2 Å². The molecule has 0 aliphatic heterocycles. The van der Waals surface area contributed by atoms with Crippen molar-refractivity contribution < 1.29 is 5.11 Å². The summed E-state index contributed by atoms with van der Waals surface area (Å²) in [6, 6.07) is 17.0. The normalized spacial score (nSPS) is 11.8. The van der Waals surface area contributed by atoms with E-state index < -0.39 is 0 Å². The maximum absolute atomic E-state index is 9.46. The number of aryl methyl sites for hydroxylation is 1. The molecule has 1 atom stereocenters. The second kappa shape index (κ2) is 7.15. The van der Waals surface area contributed by atoms with Gasteiger partial charge in [0.15, 0.2) is 0 Å². The highest BCUT2D eigenvalue weighted by Gasteiger charge is 2.17. The fourth-order valence-corrected chi connectivity index (χ4v) is 3.10. The van der Waals surface area contributed by atoms with Crippen molar-refractivity contribution in [3.8, 4) is 17.5 Å². The Hall–Kier alpha value is -2.85. The molecular weight excluding hydrogens is 322 g/mol. The standard InChI is InChI=1S/C17H15N5OS/c1-12-2-4-13(5-3-12)10-16(11-18)24-17-19-20-21-22(17)14-6-8-15(23)9-7-14/h2-9,16,23H,10H2,1H3. The molecule has 2 aromatic carbocycles. The minimum absolute atomic E-state index is 0.176. The van der Waals surface area contributed by atoms with Crippen molar-refractivity contribution in [1.29, 1.82) is 5.26 Å². The third-order valence-electron chi connectivity index (χ3n) is 3.47. The molecular formula is C17H15N5OS. The van der Waals surface area contributed by atoms with Crippen molar-refractivity contribution in [1.82, 2.24) is 20.2 Å². The molecule has 1 aromatic heterocycles. The fourth-order valence-electron chi connectivity index (χ4n) is 2.19. The smallest absolute Gasteiger partial charge is 0.215 e. The van der Waals surface area contributed by atoms with Crippen LogP contribution in [0.4, 0.5) is 0 Å². The minimum atomic E-state index is -0.297. The molecule has 0 saturated carbocycles. The maximum Gasteiger partial charge on any atom is 0.215 e. The van der Waals surface area contributed by atoms with Gasteiger partial charge in [-0.3, -0.25) is 0 Å². The zero-order chi connectivity index (χ0) is 16.9. The Morgan fingerprint density at radius 3 is 2.54 bits per heavy atom. The first-order valence-electron chi connectivity index (χ1n) is 7.35. The highest BCUT2D eigenvalue weighted by Crippen LogP contribution is 2.25. The van der Waals surface area contributed by atoms with Gasteiger partial charge in [-0.05, 0) is 53.6 Å². The van der Waals surface area contributed by atoms with Gasteiger partial charge in [0.05, 0.1) is 11.8 Å². The molecule has 120 valence electrons. The van der Waals surface area contributed by atoms with E-state index in [1.54, 1.807) is 28.9 Å². The number of benzene rings is 2. The number of nitriles is 1. The largest absolute Gasteiger partial charge is 0.508 e. The Morgan fingerprint density at radius 1 is 1.17 bits per heavy atom. The lowest BCUT2D eigenvalue weighted by atomic mass is 10.1. The third kappa shape index (κ3) is 3.73.